The van der Waals surface area contributed by atoms with Crippen molar-refractivity contribution in [3.63, 3.8) is 0 Å². The fraction of sp³-hybridized carbons (Fsp3) is 0.200. The van der Waals surface area contributed by atoms with Gasteiger partial charge < -0.3 is 10.4 Å². The SMILES string of the molecule is C[C@@H](NC(=O)/C=C/C(=O)O)c1cccs1. The molecule has 1 heterocycles. The zero-order valence-corrected chi connectivity index (χ0v) is 8.95. The average molecular weight is 225 g/mol. The van der Waals surface area contributed by atoms with E-state index in [-0.39, 0.29) is 6.04 Å². The fourth-order valence-corrected chi connectivity index (χ4v) is 1.75. The van der Waals surface area contributed by atoms with Crippen molar-refractivity contribution in [2.24, 2.45) is 0 Å². The summed E-state index contributed by atoms with van der Waals surface area (Å²) in [4.78, 5) is 22.4. The number of amides is 1. The van der Waals surface area contributed by atoms with Gasteiger partial charge in [0.1, 0.15) is 0 Å². The van der Waals surface area contributed by atoms with Crippen molar-refractivity contribution < 1.29 is 14.7 Å². The lowest BCUT2D eigenvalue weighted by Crippen LogP contribution is -2.24. The molecule has 0 aliphatic carbocycles. The molecule has 0 radical (unpaired) electrons. The quantitative estimate of drug-likeness (QED) is 0.764. The molecular formula is C10H11NO3S. The summed E-state index contributed by atoms with van der Waals surface area (Å²) in [7, 11) is 0. The summed E-state index contributed by atoms with van der Waals surface area (Å²) in [5.74, 6) is -1.53. The molecular weight excluding hydrogens is 214 g/mol. The predicted molar refractivity (Wildman–Crippen MR) is 57.7 cm³/mol. The van der Waals surface area contributed by atoms with Crippen molar-refractivity contribution in [2.45, 2.75) is 13.0 Å². The summed E-state index contributed by atoms with van der Waals surface area (Å²) >= 11 is 1.54. The van der Waals surface area contributed by atoms with Crippen molar-refractivity contribution in [3.8, 4) is 0 Å². The van der Waals surface area contributed by atoms with E-state index in [9.17, 15) is 9.59 Å². The third-order valence-electron chi connectivity index (χ3n) is 1.71. The van der Waals surface area contributed by atoms with Crippen molar-refractivity contribution in [3.05, 3.63) is 34.5 Å². The van der Waals surface area contributed by atoms with E-state index in [1.807, 2.05) is 24.4 Å². The minimum absolute atomic E-state index is 0.101. The van der Waals surface area contributed by atoms with E-state index in [1.54, 1.807) is 11.3 Å². The number of hydrogen-bond donors (Lipinski definition) is 2. The maximum Gasteiger partial charge on any atom is 0.328 e. The molecule has 15 heavy (non-hydrogen) atoms. The Balaban J connectivity index is 2.49. The molecule has 0 unspecified atom stereocenters. The highest BCUT2D eigenvalue weighted by molar-refractivity contribution is 7.10. The van der Waals surface area contributed by atoms with Crippen LogP contribution in [0.4, 0.5) is 0 Å². The first-order valence-electron chi connectivity index (χ1n) is 4.34. The normalized spacial score (nSPS) is 12.6. The van der Waals surface area contributed by atoms with Crippen molar-refractivity contribution >= 4 is 23.2 Å². The van der Waals surface area contributed by atoms with E-state index in [0.717, 1.165) is 17.0 Å². The molecule has 0 fully saturated rings. The second-order valence-electron chi connectivity index (χ2n) is 2.92. The van der Waals surface area contributed by atoms with E-state index in [2.05, 4.69) is 5.32 Å². The van der Waals surface area contributed by atoms with Crippen LogP contribution in [-0.4, -0.2) is 17.0 Å². The highest BCUT2D eigenvalue weighted by atomic mass is 32.1. The van der Waals surface area contributed by atoms with Gasteiger partial charge in [-0.3, -0.25) is 4.79 Å². The standard InChI is InChI=1S/C10H11NO3S/c1-7(8-3-2-6-15-8)11-9(12)4-5-10(13)14/h2-7H,1H3,(H,11,12)(H,13,14)/b5-4+/t7-/m1/s1. The maximum atomic E-state index is 11.2. The van der Waals surface area contributed by atoms with Gasteiger partial charge in [-0.15, -0.1) is 11.3 Å². The Kier molecular flexibility index (Phi) is 4.05. The molecule has 0 bridgehead atoms. The number of carboxylic acids is 1. The van der Waals surface area contributed by atoms with Crippen LogP contribution in [0.25, 0.3) is 0 Å². The van der Waals surface area contributed by atoms with Crippen LogP contribution in [0.1, 0.15) is 17.8 Å². The zero-order valence-electron chi connectivity index (χ0n) is 8.14. The Morgan fingerprint density at radius 1 is 1.53 bits per heavy atom. The first-order valence-corrected chi connectivity index (χ1v) is 5.22. The van der Waals surface area contributed by atoms with E-state index < -0.39 is 11.9 Å². The Hall–Kier alpha value is -1.62. The molecule has 1 aromatic rings. The van der Waals surface area contributed by atoms with E-state index >= 15 is 0 Å². The lowest BCUT2D eigenvalue weighted by Gasteiger charge is -2.09. The summed E-state index contributed by atoms with van der Waals surface area (Å²) in [6.45, 7) is 1.85. The molecule has 4 nitrogen and oxygen atoms in total. The van der Waals surface area contributed by atoms with Crippen LogP contribution in [0.3, 0.4) is 0 Å². The molecule has 5 heteroatoms. The molecule has 0 spiro atoms. The second kappa shape index (κ2) is 5.31. The molecule has 1 rings (SSSR count). The minimum atomic E-state index is -1.13. The summed E-state index contributed by atoms with van der Waals surface area (Å²) in [5, 5.41) is 12.9. The van der Waals surface area contributed by atoms with Crippen molar-refractivity contribution in [1.29, 1.82) is 0 Å². The van der Waals surface area contributed by atoms with Crippen LogP contribution in [0, 0.1) is 0 Å². The molecule has 0 aliphatic rings. The molecule has 2 N–H and O–H groups in total. The van der Waals surface area contributed by atoms with Gasteiger partial charge in [0.25, 0.3) is 0 Å². The van der Waals surface area contributed by atoms with Crippen LogP contribution < -0.4 is 5.32 Å². The Bertz CT molecular complexity index is 370. The zero-order chi connectivity index (χ0) is 11.3. The number of hydrogen-bond acceptors (Lipinski definition) is 3. The first kappa shape index (κ1) is 11.5. The Morgan fingerprint density at radius 3 is 2.80 bits per heavy atom. The Morgan fingerprint density at radius 2 is 2.27 bits per heavy atom. The highest BCUT2D eigenvalue weighted by Crippen LogP contribution is 2.17. The summed E-state index contributed by atoms with van der Waals surface area (Å²) in [6, 6.07) is 3.71. The van der Waals surface area contributed by atoms with Crippen LogP contribution in [-0.2, 0) is 9.59 Å². The molecule has 0 saturated carbocycles. The second-order valence-corrected chi connectivity index (χ2v) is 3.90. The van der Waals surface area contributed by atoms with Crippen LogP contribution in [0.5, 0.6) is 0 Å². The van der Waals surface area contributed by atoms with Gasteiger partial charge in [-0.05, 0) is 18.4 Å². The van der Waals surface area contributed by atoms with E-state index in [0.29, 0.717) is 0 Å². The fourth-order valence-electron chi connectivity index (χ4n) is 1.02. The molecule has 1 aromatic heterocycles. The topological polar surface area (TPSA) is 66.4 Å². The largest absolute Gasteiger partial charge is 0.478 e. The highest BCUT2D eigenvalue weighted by Gasteiger charge is 2.07. The lowest BCUT2D eigenvalue weighted by molar-refractivity contribution is -0.131. The van der Waals surface area contributed by atoms with Gasteiger partial charge in [-0.1, -0.05) is 6.07 Å². The van der Waals surface area contributed by atoms with Crippen molar-refractivity contribution in [1.82, 2.24) is 5.32 Å². The number of aliphatic carboxylic acids is 1. The summed E-state index contributed by atoms with van der Waals surface area (Å²) in [5.41, 5.74) is 0. The van der Waals surface area contributed by atoms with Gasteiger partial charge in [-0.2, -0.15) is 0 Å². The number of nitrogens with one attached hydrogen (secondary N) is 1. The number of rotatable bonds is 4. The molecule has 0 aromatic carbocycles. The number of carbonyl (C=O) groups excluding carboxylic acids is 1. The van der Waals surface area contributed by atoms with Crippen molar-refractivity contribution in [2.75, 3.05) is 0 Å². The smallest absolute Gasteiger partial charge is 0.328 e. The third-order valence-corrected chi connectivity index (χ3v) is 2.76. The molecule has 80 valence electrons. The van der Waals surface area contributed by atoms with Gasteiger partial charge in [0.2, 0.25) is 5.91 Å². The van der Waals surface area contributed by atoms with Crippen LogP contribution in [0.15, 0.2) is 29.7 Å². The number of carbonyl (C=O) groups is 2. The summed E-state index contributed by atoms with van der Waals surface area (Å²) in [6.07, 6.45) is 1.82. The molecule has 1 amide bonds. The van der Waals surface area contributed by atoms with Crippen LogP contribution in [0.2, 0.25) is 0 Å². The Labute approximate surface area is 91.2 Å². The molecule has 0 aliphatic heterocycles. The number of thiophene rings is 1. The molecule has 1 atom stereocenters. The lowest BCUT2D eigenvalue weighted by atomic mass is 10.2. The first-order chi connectivity index (χ1) is 7.09. The summed E-state index contributed by atoms with van der Waals surface area (Å²) < 4.78 is 0. The maximum absolute atomic E-state index is 11.2. The van der Waals surface area contributed by atoms with Gasteiger partial charge in [0, 0.05) is 17.0 Å². The number of carboxylic acid groups (broad SMARTS) is 1. The van der Waals surface area contributed by atoms with Gasteiger partial charge >= 0.3 is 5.97 Å². The van der Waals surface area contributed by atoms with Gasteiger partial charge in [0.15, 0.2) is 0 Å². The predicted octanol–water partition coefficient (Wildman–Crippen LogP) is 1.57. The van der Waals surface area contributed by atoms with Crippen LogP contribution >= 0.6 is 11.3 Å². The minimum Gasteiger partial charge on any atom is -0.478 e. The van der Waals surface area contributed by atoms with E-state index in [4.69, 9.17) is 5.11 Å². The van der Waals surface area contributed by atoms with E-state index in [1.165, 1.54) is 0 Å². The van der Waals surface area contributed by atoms with Gasteiger partial charge in [-0.25, -0.2) is 4.79 Å². The third kappa shape index (κ3) is 3.95. The molecule has 0 saturated heterocycles. The average Bonchev–Trinajstić information content (AvgIpc) is 2.67. The monoisotopic (exact) mass is 225 g/mol. The van der Waals surface area contributed by atoms with Gasteiger partial charge in [0.05, 0.1) is 6.04 Å².